The largest absolute Gasteiger partial charge is 0.391 e. The molecule has 0 aromatic rings. The van der Waals surface area contributed by atoms with Crippen molar-refractivity contribution in [3.05, 3.63) is 0 Å². The lowest BCUT2D eigenvalue weighted by molar-refractivity contribution is -0.0732. The maximum Gasteiger partial charge on any atom is 0.0781 e. The Labute approximate surface area is 110 Å². The van der Waals surface area contributed by atoms with Crippen molar-refractivity contribution in [2.24, 2.45) is 0 Å². The first kappa shape index (κ1) is 17.8. The quantitative estimate of drug-likeness (QED) is 0.608. The van der Waals surface area contributed by atoms with E-state index in [4.69, 9.17) is 24.1 Å². The third-order valence-electron chi connectivity index (χ3n) is 2.34. The lowest BCUT2D eigenvalue weighted by Crippen LogP contribution is -2.26. The van der Waals surface area contributed by atoms with Crippen LogP contribution in [0, 0.1) is 0 Å². The molecular weight excluding hydrogens is 236 g/mol. The molecule has 4 atom stereocenters. The second-order valence-corrected chi connectivity index (χ2v) is 4.72. The molecule has 110 valence electrons. The topological polar surface area (TPSA) is 57.2 Å². The van der Waals surface area contributed by atoms with Gasteiger partial charge >= 0.3 is 0 Å². The number of hydrogen-bond acceptors (Lipinski definition) is 5. The van der Waals surface area contributed by atoms with Crippen molar-refractivity contribution in [2.45, 2.75) is 52.1 Å². The van der Waals surface area contributed by atoms with Crippen molar-refractivity contribution in [3.63, 3.8) is 0 Å². The van der Waals surface area contributed by atoms with Crippen LogP contribution in [-0.2, 0) is 18.9 Å². The molecule has 0 radical (unpaired) electrons. The Hall–Kier alpha value is -0.200. The number of hydrogen-bond donors (Lipinski definition) is 1. The molecule has 0 amide bonds. The molecule has 0 rings (SSSR count). The average molecular weight is 264 g/mol. The highest BCUT2D eigenvalue weighted by Gasteiger charge is 2.08. The van der Waals surface area contributed by atoms with Crippen molar-refractivity contribution in [3.8, 4) is 0 Å². The summed E-state index contributed by atoms with van der Waals surface area (Å²) in [5.74, 6) is 0. The standard InChI is InChI=1S/C13H28O5/c1-10(14)6-17-12(3)7-16-8-13(4)18-9-11(2)15-5/h10-14H,6-9H2,1-5H3. The predicted octanol–water partition coefficient (Wildman–Crippen LogP) is 1.23. The summed E-state index contributed by atoms with van der Waals surface area (Å²) in [6.07, 6.45) is -0.331. The molecule has 0 aromatic carbocycles. The molecular formula is C13H28O5. The average Bonchev–Trinajstić information content (AvgIpc) is 2.33. The van der Waals surface area contributed by atoms with Crippen molar-refractivity contribution in [2.75, 3.05) is 33.5 Å². The monoisotopic (exact) mass is 264 g/mol. The van der Waals surface area contributed by atoms with Gasteiger partial charge in [0.2, 0.25) is 0 Å². The van der Waals surface area contributed by atoms with Crippen LogP contribution in [0.15, 0.2) is 0 Å². The maximum atomic E-state index is 9.06. The summed E-state index contributed by atoms with van der Waals surface area (Å²) in [4.78, 5) is 0. The van der Waals surface area contributed by atoms with Gasteiger partial charge in [-0.3, -0.25) is 0 Å². The number of aliphatic hydroxyl groups excluding tert-OH is 1. The van der Waals surface area contributed by atoms with E-state index in [1.165, 1.54) is 0 Å². The first-order chi connectivity index (χ1) is 8.45. The molecule has 0 bridgehead atoms. The van der Waals surface area contributed by atoms with Gasteiger partial charge in [0.05, 0.1) is 50.8 Å². The minimum atomic E-state index is -0.440. The zero-order valence-electron chi connectivity index (χ0n) is 12.2. The molecule has 5 heteroatoms. The first-order valence-electron chi connectivity index (χ1n) is 6.47. The van der Waals surface area contributed by atoms with E-state index in [2.05, 4.69) is 0 Å². The second kappa shape index (κ2) is 10.7. The normalized spacial score (nSPS) is 18.3. The lowest BCUT2D eigenvalue weighted by atomic mass is 10.4. The van der Waals surface area contributed by atoms with E-state index < -0.39 is 6.10 Å². The molecule has 0 saturated carbocycles. The molecule has 0 aromatic heterocycles. The molecule has 0 spiro atoms. The van der Waals surface area contributed by atoms with E-state index in [9.17, 15) is 0 Å². The van der Waals surface area contributed by atoms with E-state index in [0.29, 0.717) is 26.4 Å². The fourth-order valence-electron chi connectivity index (χ4n) is 1.17. The molecule has 5 nitrogen and oxygen atoms in total. The van der Waals surface area contributed by atoms with Crippen LogP contribution in [0.2, 0.25) is 0 Å². The van der Waals surface area contributed by atoms with Gasteiger partial charge in [-0.05, 0) is 27.7 Å². The van der Waals surface area contributed by atoms with Gasteiger partial charge in [-0.2, -0.15) is 0 Å². The third-order valence-corrected chi connectivity index (χ3v) is 2.34. The van der Waals surface area contributed by atoms with Crippen LogP contribution < -0.4 is 0 Å². The Balaban J connectivity index is 3.46. The van der Waals surface area contributed by atoms with Gasteiger partial charge in [-0.1, -0.05) is 0 Å². The van der Waals surface area contributed by atoms with Crippen LogP contribution in [-0.4, -0.2) is 63.1 Å². The Kier molecular flexibility index (Phi) is 10.6. The van der Waals surface area contributed by atoms with Gasteiger partial charge in [-0.15, -0.1) is 0 Å². The van der Waals surface area contributed by atoms with Crippen molar-refractivity contribution in [1.29, 1.82) is 0 Å². The highest BCUT2D eigenvalue weighted by atomic mass is 16.6. The maximum absolute atomic E-state index is 9.06. The fourth-order valence-corrected chi connectivity index (χ4v) is 1.17. The zero-order chi connectivity index (χ0) is 14.0. The van der Waals surface area contributed by atoms with Crippen LogP contribution in [0.1, 0.15) is 27.7 Å². The van der Waals surface area contributed by atoms with E-state index in [0.717, 1.165) is 0 Å². The molecule has 0 fully saturated rings. The molecule has 0 aliphatic heterocycles. The summed E-state index contributed by atoms with van der Waals surface area (Å²) in [5.41, 5.74) is 0. The van der Waals surface area contributed by atoms with Gasteiger partial charge in [0.1, 0.15) is 0 Å². The third kappa shape index (κ3) is 10.9. The Morgan fingerprint density at radius 3 is 1.72 bits per heavy atom. The van der Waals surface area contributed by atoms with Gasteiger partial charge in [0.25, 0.3) is 0 Å². The molecule has 0 aliphatic carbocycles. The highest BCUT2D eigenvalue weighted by molar-refractivity contribution is 4.54. The van der Waals surface area contributed by atoms with E-state index >= 15 is 0 Å². The molecule has 4 unspecified atom stereocenters. The summed E-state index contributed by atoms with van der Waals surface area (Å²) in [7, 11) is 1.66. The van der Waals surface area contributed by atoms with Crippen LogP contribution in [0.25, 0.3) is 0 Å². The molecule has 1 N–H and O–H groups in total. The number of aliphatic hydroxyl groups is 1. The summed E-state index contributed by atoms with van der Waals surface area (Å²) >= 11 is 0. The van der Waals surface area contributed by atoms with Gasteiger partial charge in [-0.25, -0.2) is 0 Å². The SMILES string of the molecule is COC(C)COC(C)COCC(C)OCC(C)O. The Morgan fingerprint density at radius 1 is 0.778 bits per heavy atom. The van der Waals surface area contributed by atoms with Gasteiger partial charge in [0, 0.05) is 7.11 Å². The van der Waals surface area contributed by atoms with Crippen LogP contribution in [0.5, 0.6) is 0 Å². The number of ether oxygens (including phenoxy) is 4. The predicted molar refractivity (Wildman–Crippen MR) is 69.8 cm³/mol. The first-order valence-corrected chi connectivity index (χ1v) is 6.47. The Morgan fingerprint density at radius 2 is 1.28 bits per heavy atom. The molecule has 0 heterocycles. The number of methoxy groups -OCH3 is 1. The van der Waals surface area contributed by atoms with E-state index in [1.54, 1.807) is 14.0 Å². The summed E-state index contributed by atoms with van der Waals surface area (Å²) in [5, 5.41) is 9.06. The smallest absolute Gasteiger partial charge is 0.0781 e. The second-order valence-electron chi connectivity index (χ2n) is 4.72. The molecule has 0 saturated heterocycles. The highest BCUT2D eigenvalue weighted by Crippen LogP contribution is 1.99. The minimum absolute atomic E-state index is 0.0234. The van der Waals surface area contributed by atoms with Crippen molar-refractivity contribution < 1.29 is 24.1 Å². The zero-order valence-corrected chi connectivity index (χ0v) is 12.2. The lowest BCUT2D eigenvalue weighted by Gasteiger charge is -2.18. The number of rotatable bonds is 11. The van der Waals surface area contributed by atoms with Crippen LogP contribution >= 0.6 is 0 Å². The molecule has 0 aliphatic rings. The van der Waals surface area contributed by atoms with Crippen LogP contribution in [0.4, 0.5) is 0 Å². The molecule has 18 heavy (non-hydrogen) atoms. The summed E-state index contributed by atoms with van der Waals surface area (Å²) in [6.45, 7) is 9.46. The van der Waals surface area contributed by atoms with Crippen LogP contribution in [0.3, 0.4) is 0 Å². The van der Waals surface area contributed by atoms with Gasteiger partial charge < -0.3 is 24.1 Å². The minimum Gasteiger partial charge on any atom is -0.391 e. The van der Waals surface area contributed by atoms with E-state index in [1.807, 2.05) is 20.8 Å². The Bertz CT molecular complexity index is 186. The van der Waals surface area contributed by atoms with Crippen molar-refractivity contribution in [1.82, 2.24) is 0 Å². The van der Waals surface area contributed by atoms with Gasteiger partial charge in [0.15, 0.2) is 0 Å². The summed E-state index contributed by atoms with van der Waals surface area (Å²) < 4.78 is 21.5. The summed E-state index contributed by atoms with van der Waals surface area (Å²) in [6, 6.07) is 0. The van der Waals surface area contributed by atoms with Crippen molar-refractivity contribution >= 4 is 0 Å². The van der Waals surface area contributed by atoms with E-state index in [-0.39, 0.29) is 18.3 Å². The fraction of sp³-hybridized carbons (Fsp3) is 1.00.